The van der Waals surface area contributed by atoms with Crippen LogP contribution in [-0.4, -0.2) is 93.6 Å². The first-order chi connectivity index (χ1) is 18.2. The molecule has 8 nitrogen and oxygen atoms in total. The Balaban J connectivity index is 1.43. The molecule has 0 spiro atoms. The number of thiophene rings is 1. The number of benzene rings is 1. The number of nitrogens with zero attached hydrogens (tertiary/aromatic N) is 3. The van der Waals surface area contributed by atoms with Crippen molar-refractivity contribution in [2.75, 3.05) is 49.1 Å². The molecule has 1 saturated carbocycles. The topological polar surface area (TPSA) is 98.2 Å². The van der Waals surface area contributed by atoms with Crippen LogP contribution in [0.25, 0.3) is 0 Å². The summed E-state index contributed by atoms with van der Waals surface area (Å²) >= 11 is 1.14. The fourth-order valence-electron chi connectivity index (χ4n) is 5.50. The van der Waals surface area contributed by atoms with E-state index >= 15 is 0 Å². The Morgan fingerprint density at radius 2 is 1.77 bits per heavy atom. The quantitative estimate of drug-likeness (QED) is 0.517. The van der Waals surface area contributed by atoms with Gasteiger partial charge in [-0.25, -0.2) is 16.8 Å². The number of alkyl halides is 3. The molecule has 0 unspecified atom stereocenters. The van der Waals surface area contributed by atoms with Crippen LogP contribution < -0.4 is 4.90 Å². The molecule has 0 amide bonds. The number of anilines is 1. The van der Waals surface area contributed by atoms with Crippen LogP contribution in [0.5, 0.6) is 0 Å². The third-order valence-electron chi connectivity index (χ3n) is 8.04. The van der Waals surface area contributed by atoms with Crippen LogP contribution in [0, 0.1) is 5.92 Å². The van der Waals surface area contributed by atoms with Gasteiger partial charge in [0.2, 0.25) is 0 Å². The summed E-state index contributed by atoms with van der Waals surface area (Å²) in [6, 6.07) is 8.28. The van der Waals surface area contributed by atoms with Crippen molar-refractivity contribution in [3.05, 3.63) is 47.3 Å². The minimum atomic E-state index is -4.84. The maximum absolute atomic E-state index is 13.4. The van der Waals surface area contributed by atoms with E-state index in [0.29, 0.717) is 38.2 Å². The van der Waals surface area contributed by atoms with Gasteiger partial charge in [-0.1, -0.05) is 18.2 Å². The fraction of sp³-hybridized carbons (Fsp3) is 0.600. The molecule has 1 aromatic carbocycles. The van der Waals surface area contributed by atoms with E-state index < -0.39 is 31.6 Å². The molecule has 0 bridgehead atoms. The van der Waals surface area contributed by atoms with Crippen LogP contribution in [-0.2, 0) is 25.5 Å². The molecule has 1 aromatic heterocycles. The summed E-state index contributed by atoms with van der Waals surface area (Å²) in [4.78, 5) is 4.14. The molecular weight excluding hydrogens is 575 g/mol. The van der Waals surface area contributed by atoms with Gasteiger partial charge in [0.05, 0.1) is 17.5 Å². The lowest BCUT2D eigenvalue weighted by molar-refractivity contribution is -0.258. The molecule has 14 heteroatoms. The van der Waals surface area contributed by atoms with E-state index in [0.717, 1.165) is 24.2 Å². The zero-order valence-corrected chi connectivity index (χ0v) is 23.9. The van der Waals surface area contributed by atoms with Gasteiger partial charge in [-0.15, -0.1) is 11.3 Å². The number of sulfonamides is 1. The highest BCUT2D eigenvalue weighted by atomic mass is 32.2. The highest BCUT2D eigenvalue weighted by Crippen LogP contribution is 2.40. The van der Waals surface area contributed by atoms with Crippen LogP contribution in [0.2, 0.25) is 0 Å². The van der Waals surface area contributed by atoms with Crippen molar-refractivity contribution in [1.29, 1.82) is 0 Å². The maximum atomic E-state index is 13.4. The molecule has 0 radical (unpaired) electrons. The molecule has 1 N–H and O–H groups in total. The van der Waals surface area contributed by atoms with Gasteiger partial charge >= 0.3 is 6.18 Å². The van der Waals surface area contributed by atoms with Crippen molar-refractivity contribution in [3.8, 4) is 0 Å². The Labute approximate surface area is 231 Å². The van der Waals surface area contributed by atoms with Crippen LogP contribution in [0.3, 0.4) is 0 Å². The molecule has 3 fully saturated rings. The van der Waals surface area contributed by atoms with E-state index in [1.54, 1.807) is 17.5 Å². The van der Waals surface area contributed by atoms with Gasteiger partial charge in [0.1, 0.15) is 4.21 Å². The number of piperazine rings is 1. The second kappa shape index (κ2) is 10.3. The van der Waals surface area contributed by atoms with E-state index in [4.69, 9.17) is 0 Å². The minimum Gasteiger partial charge on any atom is -0.376 e. The summed E-state index contributed by atoms with van der Waals surface area (Å²) in [6.45, 7) is 2.15. The van der Waals surface area contributed by atoms with E-state index in [9.17, 15) is 35.1 Å². The summed E-state index contributed by atoms with van der Waals surface area (Å²) in [5, 5.41) is 11.8. The number of halogens is 3. The Kier molecular flexibility index (Phi) is 7.60. The lowest BCUT2D eigenvalue weighted by Gasteiger charge is -2.46. The van der Waals surface area contributed by atoms with Gasteiger partial charge in [0.15, 0.2) is 15.4 Å². The van der Waals surface area contributed by atoms with E-state index in [2.05, 4.69) is 4.90 Å². The standard InChI is InChI=1S/C25H32F3N3O5S3/c1-24(32,25(26,27)28)19-6-8-20(9-7-19)31-11-10-30(39(35,36)23-3-2-13-37-23)16-21(31)15-29-12-14-38(33,34)17-22(29)18-4-5-18/h2-3,6-9,13,18,21-22,32H,4-5,10-12,14-17H2,1H3/t21-,22+,24-/m0/s1. The SMILES string of the molecule is C[C@](O)(c1ccc(N2CCN(S(=O)(=O)c3cccs3)C[C@@H]2CN2CCS(=O)(=O)C[C@@H]2C2CC2)cc1)C(F)(F)F. The molecular formula is C25H32F3N3O5S3. The maximum Gasteiger partial charge on any atom is 0.421 e. The molecule has 3 heterocycles. The van der Waals surface area contributed by atoms with Crippen LogP contribution in [0.4, 0.5) is 18.9 Å². The van der Waals surface area contributed by atoms with Gasteiger partial charge in [-0.3, -0.25) is 4.90 Å². The number of aliphatic hydroxyl groups is 1. The average Bonchev–Trinajstić information content (AvgIpc) is 3.56. The largest absolute Gasteiger partial charge is 0.421 e. The Morgan fingerprint density at radius 3 is 2.36 bits per heavy atom. The molecule has 3 aliphatic rings. The van der Waals surface area contributed by atoms with Crippen molar-refractivity contribution in [2.24, 2.45) is 5.92 Å². The molecule has 2 aromatic rings. The first-order valence-electron chi connectivity index (χ1n) is 12.8. The lowest BCUT2D eigenvalue weighted by atomic mass is 9.95. The summed E-state index contributed by atoms with van der Waals surface area (Å²) in [6.07, 6.45) is -2.92. The predicted molar refractivity (Wildman–Crippen MR) is 143 cm³/mol. The summed E-state index contributed by atoms with van der Waals surface area (Å²) < 4.78 is 93.2. The zero-order valence-electron chi connectivity index (χ0n) is 21.4. The van der Waals surface area contributed by atoms with Gasteiger partial charge in [0, 0.05) is 44.5 Å². The molecule has 1 aliphatic carbocycles. The number of hydrogen-bond donors (Lipinski definition) is 1. The Morgan fingerprint density at radius 1 is 1.08 bits per heavy atom. The number of hydrogen-bond acceptors (Lipinski definition) is 8. The van der Waals surface area contributed by atoms with Gasteiger partial charge in [0.25, 0.3) is 10.0 Å². The minimum absolute atomic E-state index is 0.0430. The van der Waals surface area contributed by atoms with E-state index in [1.807, 2.05) is 4.90 Å². The van der Waals surface area contributed by atoms with Crippen LogP contribution >= 0.6 is 11.3 Å². The van der Waals surface area contributed by atoms with Crippen molar-refractivity contribution >= 4 is 36.9 Å². The predicted octanol–water partition coefficient (Wildman–Crippen LogP) is 2.91. The number of sulfone groups is 1. The third-order valence-corrected chi connectivity index (χ3v) is 12.9. The second-order valence-corrected chi connectivity index (χ2v) is 16.1. The van der Waals surface area contributed by atoms with Gasteiger partial charge < -0.3 is 10.0 Å². The third kappa shape index (κ3) is 5.87. The first-order valence-corrected chi connectivity index (χ1v) is 17.0. The average molecular weight is 608 g/mol. The molecule has 3 atom stereocenters. The van der Waals surface area contributed by atoms with Crippen molar-refractivity contribution in [1.82, 2.24) is 9.21 Å². The Hall–Kier alpha value is -1.71. The highest BCUT2D eigenvalue weighted by Gasteiger charge is 2.51. The first kappa shape index (κ1) is 28.8. The fourth-order valence-corrected chi connectivity index (χ4v) is 9.80. The summed E-state index contributed by atoms with van der Waals surface area (Å²) in [5.74, 6) is 0.427. The summed E-state index contributed by atoms with van der Waals surface area (Å²) in [7, 11) is -6.87. The molecule has 5 rings (SSSR count). The Bertz CT molecular complexity index is 1380. The monoisotopic (exact) mass is 607 g/mol. The molecule has 2 saturated heterocycles. The van der Waals surface area contributed by atoms with Gasteiger partial charge in [-0.2, -0.15) is 17.5 Å². The smallest absolute Gasteiger partial charge is 0.376 e. The van der Waals surface area contributed by atoms with Crippen molar-refractivity contribution < 1.29 is 35.1 Å². The normalized spacial score (nSPS) is 26.8. The van der Waals surface area contributed by atoms with E-state index in [1.165, 1.54) is 28.6 Å². The summed E-state index contributed by atoms with van der Waals surface area (Å²) in [5.41, 5.74) is -2.68. The van der Waals surface area contributed by atoms with Gasteiger partial charge in [-0.05, 0) is 54.8 Å². The second-order valence-electron chi connectivity index (χ2n) is 10.8. The highest BCUT2D eigenvalue weighted by molar-refractivity contribution is 7.91. The van der Waals surface area contributed by atoms with Crippen molar-refractivity contribution in [2.45, 2.75) is 47.8 Å². The molecule has 2 aliphatic heterocycles. The number of rotatable bonds is 7. The van der Waals surface area contributed by atoms with Crippen LogP contribution in [0.15, 0.2) is 46.0 Å². The van der Waals surface area contributed by atoms with Crippen molar-refractivity contribution in [3.63, 3.8) is 0 Å². The van der Waals surface area contributed by atoms with Crippen LogP contribution in [0.1, 0.15) is 25.3 Å². The molecule has 216 valence electrons. The molecule has 39 heavy (non-hydrogen) atoms. The van der Waals surface area contributed by atoms with E-state index in [-0.39, 0.29) is 46.5 Å². The lowest BCUT2D eigenvalue weighted by Crippen LogP contribution is -2.61. The zero-order chi connectivity index (χ0) is 28.2.